The van der Waals surface area contributed by atoms with Crippen LogP contribution in [0.1, 0.15) is 44.1 Å². The van der Waals surface area contributed by atoms with Gasteiger partial charge in [-0.25, -0.2) is 0 Å². The first-order valence-electron chi connectivity index (χ1n) is 8.37. The van der Waals surface area contributed by atoms with Crippen molar-refractivity contribution in [3.8, 4) is 0 Å². The molecule has 1 fully saturated rings. The minimum absolute atomic E-state index is 0.0465. The number of nitrogens with one attached hydrogen (secondary N) is 2. The lowest BCUT2D eigenvalue weighted by Gasteiger charge is -2.15. The monoisotopic (exact) mass is 334 g/mol. The lowest BCUT2D eigenvalue weighted by Crippen LogP contribution is -2.35. The van der Waals surface area contributed by atoms with Crippen LogP contribution < -0.4 is 10.6 Å². The van der Waals surface area contributed by atoms with Gasteiger partial charge in [-0.3, -0.25) is 9.59 Å². The molecule has 0 atom stereocenters. The molecule has 1 aliphatic carbocycles. The summed E-state index contributed by atoms with van der Waals surface area (Å²) in [6, 6.07) is 8.03. The number of amides is 2. The second-order valence-corrected chi connectivity index (χ2v) is 7.15. The summed E-state index contributed by atoms with van der Waals surface area (Å²) in [5, 5.41) is 5.95. The summed E-state index contributed by atoms with van der Waals surface area (Å²) in [5.74, 6) is 0.622. The van der Waals surface area contributed by atoms with E-state index in [0.29, 0.717) is 17.5 Å². The molecule has 0 spiro atoms. The SMILES string of the molecule is Cc1cccc(NC(=O)CSCC(=O)NC2CCCCCC2)c1. The third-order valence-electron chi connectivity index (χ3n) is 3.99. The van der Waals surface area contributed by atoms with Gasteiger partial charge in [-0.1, -0.05) is 37.8 Å². The van der Waals surface area contributed by atoms with Gasteiger partial charge in [0.1, 0.15) is 0 Å². The zero-order valence-electron chi connectivity index (χ0n) is 13.8. The van der Waals surface area contributed by atoms with Gasteiger partial charge in [0.25, 0.3) is 0 Å². The molecule has 0 heterocycles. The molecule has 0 radical (unpaired) electrons. The third-order valence-corrected chi connectivity index (χ3v) is 4.92. The molecule has 1 aliphatic rings. The lowest BCUT2D eigenvalue weighted by atomic mass is 10.1. The number of rotatable bonds is 6. The van der Waals surface area contributed by atoms with E-state index in [1.807, 2.05) is 31.2 Å². The fraction of sp³-hybridized carbons (Fsp3) is 0.556. The summed E-state index contributed by atoms with van der Waals surface area (Å²) >= 11 is 1.36. The summed E-state index contributed by atoms with van der Waals surface area (Å²) in [6.45, 7) is 1.99. The van der Waals surface area contributed by atoms with Crippen LogP contribution in [-0.2, 0) is 9.59 Å². The molecule has 0 bridgehead atoms. The van der Waals surface area contributed by atoms with Crippen molar-refractivity contribution in [2.24, 2.45) is 0 Å². The Labute approximate surface area is 142 Å². The molecule has 1 saturated carbocycles. The molecule has 0 aromatic heterocycles. The zero-order valence-corrected chi connectivity index (χ0v) is 14.6. The summed E-state index contributed by atoms with van der Waals surface area (Å²) in [7, 11) is 0. The highest BCUT2D eigenvalue weighted by Crippen LogP contribution is 2.17. The summed E-state index contributed by atoms with van der Waals surface area (Å²) in [5.41, 5.74) is 1.91. The minimum Gasteiger partial charge on any atom is -0.353 e. The van der Waals surface area contributed by atoms with Crippen LogP contribution >= 0.6 is 11.8 Å². The van der Waals surface area contributed by atoms with E-state index in [4.69, 9.17) is 0 Å². The molecule has 1 aromatic rings. The zero-order chi connectivity index (χ0) is 16.5. The fourth-order valence-corrected chi connectivity index (χ4v) is 3.48. The molecular formula is C18H26N2O2S. The average molecular weight is 334 g/mol. The van der Waals surface area contributed by atoms with Gasteiger partial charge in [0.15, 0.2) is 0 Å². The highest BCUT2D eigenvalue weighted by atomic mass is 32.2. The Hall–Kier alpha value is -1.49. The quantitative estimate of drug-likeness (QED) is 0.783. The Morgan fingerprint density at radius 2 is 1.78 bits per heavy atom. The van der Waals surface area contributed by atoms with E-state index < -0.39 is 0 Å². The summed E-state index contributed by atoms with van der Waals surface area (Å²) < 4.78 is 0. The molecule has 2 N–H and O–H groups in total. The van der Waals surface area contributed by atoms with E-state index in [-0.39, 0.29) is 11.8 Å². The first-order chi connectivity index (χ1) is 11.1. The van der Waals surface area contributed by atoms with E-state index >= 15 is 0 Å². The van der Waals surface area contributed by atoms with Crippen molar-refractivity contribution in [2.75, 3.05) is 16.8 Å². The maximum atomic E-state index is 11.9. The predicted octanol–water partition coefficient (Wildman–Crippen LogP) is 3.51. The standard InChI is InChI=1S/C18H26N2O2S/c1-14-7-6-10-16(11-14)20-18(22)13-23-12-17(21)19-15-8-4-2-3-5-9-15/h6-7,10-11,15H,2-5,8-9,12-13H2,1H3,(H,19,21)(H,20,22). The molecule has 4 nitrogen and oxygen atoms in total. The van der Waals surface area contributed by atoms with E-state index in [9.17, 15) is 9.59 Å². The first kappa shape index (κ1) is 17.9. The molecule has 23 heavy (non-hydrogen) atoms. The van der Waals surface area contributed by atoms with Crippen molar-refractivity contribution in [2.45, 2.75) is 51.5 Å². The van der Waals surface area contributed by atoms with Crippen LogP contribution in [0.4, 0.5) is 5.69 Å². The first-order valence-corrected chi connectivity index (χ1v) is 9.52. The number of anilines is 1. The highest BCUT2D eigenvalue weighted by molar-refractivity contribution is 8.00. The van der Waals surface area contributed by atoms with E-state index in [0.717, 1.165) is 24.1 Å². The normalized spacial score (nSPS) is 15.7. The molecule has 2 rings (SSSR count). The number of aryl methyl sites for hydroxylation is 1. The Balaban J connectivity index is 1.63. The van der Waals surface area contributed by atoms with Crippen LogP contribution in [0.25, 0.3) is 0 Å². The van der Waals surface area contributed by atoms with Crippen molar-refractivity contribution in [3.63, 3.8) is 0 Å². The largest absolute Gasteiger partial charge is 0.353 e. The van der Waals surface area contributed by atoms with Crippen molar-refractivity contribution in [1.82, 2.24) is 5.32 Å². The van der Waals surface area contributed by atoms with Crippen molar-refractivity contribution >= 4 is 29.3 Å². The van der Waals surface area contributed by atoms with Crippen LogP contribution in [0.15, 0.2) is 24.3 Å². The number of carbonyl (C=O) groups excluding carboxylic acids is 2. The molecule has 2 amide bonds. The maximum Gasteiger partial charge on any atom is 0.234 e. The van der Waals surface area contributed by atoms with Crippen LogP contribution in [-0.4, -0.2) is 29.4 Å². The van der Waals surface area contributed by atoms with Gasteiger partial charge in [-0.15, -0.1) is 11.8 Å². The molecule has 5 heteroatoms. The van der Waals surface area contributed by atoms with Crippen molar-refractivity contribution in [3.05, 3.63) is 29.8 Å². The fourth-order valence-electron chi connectivity index (χ4n) is 2.85. The minimum atomic E-state index is -0.0668. The smallest absolute Gasteiger partial charge is 0.234 e. The highest BCUT2D eigenvalue weighted by Gasteiger charge is 2.14. The number of thioether (sulfide) groups is 1. The molecule has 1 aromatic carbocycles. The Morgan fingerprint density at radius 1 is 1.09 bits per heavy atom. The second kappa shape index (κ2) is 9.60. The Morgan fingerprint density at radius 3 is 2.48 bits per heavy atom. The van der Waals surface area contributed by atoms with Gasteiger partial charge in [0, 0.05) is 11.7 Å². The van der Waals surface area contributed by atoms with Gasteiger partial charge >= 0.3 is 0 Å². The molecule has 0 unspecified atom stereocenters. The number of benzene rings is 1. The van der Waals surface area contributed by atoms with Crippen molar-refractivity contribution < 1.29 is 9.59 Å². The van der Waals surface area contributed by atoms with Gasteiger partial charge < -0.3 is 10.6 Å². The maximum absolute atomic E-state index is 11.9. The van der Waals surface area contributed by atoms with Crippen LogP contribution in [0.3, 0.4) is 0 Å². The van der Waals surface area contributed by atoms with Gasteiger partial charge in [0.2, 0.25) is 11.8 Å². The molecule has 0 saturated heterocycles. The topological polar surface area (TPSA) is 58.2 Å². The number of hydrogen-bond acceptors (Lipinski definition) is 3. The molecule has 126 valence electrons. The number of hydrogen-bond donors (Lipinski definition) is 2. The van der Waals surface area contributed by atoms with Crippen LogP contribution in [0.5, 0.6) is 0 Å². The number of carbonyl (C=O) groups is 2. The summed E-state index contributed by atoms with van der Waals surface area (Å²) in [4.78, 5) is 23.8. The van der Waals surface area contributed by atoms with Gasteiger partial charge in [-0.05, 0) is 37.5 Å². The second-order valence-electron chi connectivity index (χ2n) is 6.17. The van der Waals surface area contributed by atoms with Crippen LogP contribution in [0.2, 0.25) is 0 Å². The van der Waals surface area contributed by atoms with Crippen molar-refractivity contribution in [1.29, 1.82) is 0 Å². The lowest BCUT2D eigenvalue weighted by molar-refractivity contribution is -0.119. The molecular weight excluding hydrogens is 308 g/mol. The molecule has 0 aliphatic heterocycles. The average Bonchev–Trinajstić information content (AvgIpc) is 2.76. The van der Waals surface area contributed by atoms with Crippen LogP contribution in [0, 0.1) is 6.92 Å². The predicted molar refractivity (Wildman–Crippen MR) is 96.8 cm³/mol. The third kappa shape index (κ3) is 7.08. The van der Waals surface area contributed by atoms with Gasteiger partial charge in [-0.2, -0.15) is 0 Å². The van der Waals surface area contributed by atoms with E-state index in [1.165, 1.54) is 37.4 Å². The van der Waals surface area contributed by atoms with Gasteiger partial charge in [0.05, 0.1) is 11.5 Å². The Bertz CT molecular complexity index is 526. The van der Waals surface area contributed by atoms with E-state index in [2.05, 4.69) is 10.6 Å². The Kier molecular flexibility index (Phi) is 7.46. The van der Waals surface area contributed by atoms with E-state index in [1.54, 1.807) is 0 Å². The summed E-state index contributed by atoms with van der Waals surface area (Å²) in [6.07, 6.45) is 7.14.